The van der Waals surface area contributed by atoms with E-state index in [4.69, 9.17) is 28.4 Å². The molecule has 3 unspecified atom stereocenters. The molecule has 518 valence electrons. The highest BCUT2D eigenvalue weighted by molar-refractivity contribution is 6.05. The zero-order valence-corrected chi connectivity index (χ0v) is 58.5. The summed E-state index contributed by atoms with van der Waals surface area (Å²) in [5.41, 5.74) is 6.68. The molecule has 6 aromatic rings. The van der Waals surface area contributed by atoms with E-state index < -0.39 is 22.5 Å². The quantitative estimate of drug-likeness (QED) is 0.0339. The number of carbonyl (C=O) groups is 6. The van der Waals surface area contributed by atoms with E-state index in [0.717, 1.165) is 73.0 Å². The Morgan fingerprint density at radius 3 is 0.773 bits per heavy atom. The van der Waals surface area contributed by atoms with Crippen LogP contribution in [0.2, 0.25) is 0 Å². The summed E-state index contributed by atoms with van der Waals surface area (Å²) in [4.78, 5) is 97.3. The molecule has 9 rings (SSSR count). The van der Waals surface area contributed by atoms with Crippen LogP contribution in [0, 0.1) is 5.92 Å². The van der Waals surface area contributed by atoms with Crippen LogP contribution in [-0.2, 0) is 47.7 Å². The van der Waals surface area contributed by atoms with Crippen molar-refractivity contribution in [2.75, 3.05) is 176 Å². The molecular formula is C79H100N6O12. The first-order valence-corrected chi connectivity index (χ1v) is 34.4. The van der Waals surface area contributed by atoms with Gasteiger partial charge >= 0.3 is 0 Å². The third-order valence-electron chi connectivity index (χ3n) is 20.2. The Morgan fingerprint density at radius 1 is 0.351 bits per heavy atom. The molecule has 0 saturated carbocycles. The standard InChI is InChI=1S/C79H100N6O12/c1-10-77(80(4)5,74(89)65-25-31-68(32-26-65)83-37-43-92-44-38-83)49-58-13-19-62(20-14-58)71(86)55-95-52-61(53-96-56-72(87)63-21-15-59(16-22-63)50-78(11-2,81(6)7)75(90)66-27-33-69(34-28-66)84-39-45-93-46-40-84)54-97-57-73(88)64-23-17-60(18-24-64)51-79(12-3,82(8)9)76(91)67-29-35-70(36-30-67)85-41-47-94-48-42-85/h13-36,61H,10-12,37-57H2,1-9H3. The average Bonchev–Trinajstić information content (AvgIpc) is 0.810. The van der Waals surface area contributed by atoms with Gasteiger partial charge < -0.3 is 43.1 Å². The minimum absolute atomic E-state index is 0.0244. The molecule has 0 N–H and O–H groups in total. The van der Waals surface area contributed by atoms with Crippen molar-refractivity contribution >= 4 is 51.8 Å². The maximum absolute atomic E-state index is 14.4. The predicted octanol–water partition coefficient (Wildman–Crippen LogP) is 10.2. The van der Waals surface area contributed by atoms with Gasteiger partial charge in [0.15, 0.2) is 34.7 Å². The van der Waals surface area contributed by atoms with Gasteiger partial charge in [-0.05, 0) is 170 Å². The second-order valence-electron chi connectivity index (χ2n) is 26.6. The lowest BCUT2D eigenvalue weighted by molar-refractivity contribution is 0.000655. The molecular weight excluding hydrogens is 1220 g/mol. The van der Waals surface area contributed by atoms with Crippen molar-refractivity contribution in [3.8, 4) is 0 Å². The molecule has 0 radical (unpaired) electrons. The second-order valence-corrected chi connectivity index (χ2v) is 26.6. The maximum atomic E-state index is 14.4. The van der Waals surface area contributed by atoms with Crippen molar-refractivity contribution in [1.29, 1.82) is 0 Å². The first-order valence-electron chi connectivity index (χ1n) is 34.4. The molecule has 18 nitrogen and oxygen atoms in total. The highest BCUT2D eigenvalue weighted by atomic mass is 16.5. The summed E-state index contributed by atoms with van der Waals surface area (Å²) in [7, 11) is 11.6. The number of benzene rings is 6. The number of hydrogen-bond donors (Lipinski definition) is 0. The molecule has 3 aliphatic rings. The van der Waals surface area contributed by atoms with E-state index in [1.54, 1.807) is 36.4 Å². The van der Waals surface area contributed by atoms with E-state index in [1.165, 1.54) is 0 Å². The Bertz CT molecular complexity index is 3170. The molecule has 18 heteroatoms. The molecule has 0 aliphatic carbocycles. The summed E-state index contributed by atoms with van der Waals surface area (Å²) in [5, 5.41) is 0. The van der Waals surface area contributed by atoms with E-state index in [9.17, 15) is 28.8 Å². The van der Waals surface area contributed by atoms with Crippen LogP contribution in [0.4, 0.5) is 17.1 Å². The fourth-order valence-corrected chi connectivity index (χ4v) is 13.7. The van der Waals surface area contributed by atoms with E-state index in [-0.39, 0.29) is 74.3 Å². The molecule has 0 spiro atoms. The first kappa shape index (κ1) is 73.6. The molecule has 0 aromatic heterocycles. The number of morpholine rings is 3. The summed E-state index contributed by atoms with van der Waals surface area (Å²) in [6.07, 6.45) is 3.01. The van der Waals surface area contributed by atoms with Crippen LogP contribution in [0.15, 0.2) is 146 Å². The van der Waals surface area contributed by atoms with E-state index >= 15 is 0 Å². The molecule has 3 saturated heterocycles. The number of ketones is 6. The van der Waals surface area contributed by atoms with Crippen molar-refractivity contribution < 1.29 is 57.2 Å². The zero-order chi connectivity index (χ0) is 69.1. The summed E-state index contributed by atoms with van der Waals surface area (Å²) < 4.78 is 34.9. The number of likely N-dealkylation sites (N-methyl/N-ethyl adjacent to an activating group) is 3. The topological polar surface area (TPSA) is 177 Å². The zero-order valence-electron chi connectivity index (χ0n) is 58.5. The summed E-state index contributed by atoms with van der Waals surface area (Å²) in [5.74, 6) is -1.14. The maximum Gasteiger partial charge on any atom is 0.188 e. The number of rotatable bonds is 36. The SMILES string of the molecule is CCC(Cc1ccc(C(=O)COCC(COCC(=O)c2ccc(CC(CC)(C(=O)c3ccc(N4CCOCC4)cc3)N(C)C)cc2)COCC(=O)c2ccc(CC(CC)(C(=O)c3ccc(N4CCOCC4)cc3)N(C)C)cc2)cc1)(C(=O)c1ccc(N2CCOCC2)cc1)N(C)C. The molecule has 0 amide bonds. The highest BCUT2D eigenvalue weighted by Crippen LogP contribution is 2.33. The smallest absolute Gasteiger partial charge is 0.188 e. The van der Waals surface area contributed by atoms with Crippen molar-refractivity contribution in [3.63, 3.8) is 0 Å². The predicted molar refractivity (Wildman–Crippen MR) is 381 cm³/mol. The Hall–Kier alpha value is -7.62. The first-order chi connectivity index (χ1) is 46.8. The monoisotopic (exact) mass is 1320 g/mol. The third kappa shape index (κ3) is 18.2. The van der Waals surface area contributed by atoms with Crippen molar-refractivity contribution in [2.24, 2.45) is 5.92 Å². The van der Waals surface area contributed by atoms with E-state index in [1.807, 2.05) is 187 Å². The largest absolute Gasteiger partial charge is 0.378 e. The van der Waals surface area contributed by atoms with Gasteiger partial charge in [-0.15, -0.1) is 0 Å². The van der Waals surface area contributed by atoms with Gasteiger partial charge in [-0.3, -0.25) is 43.5 Å². The molecule has 3 aliphatic heterocycles. The lowest BCUT2D eigenvalue weighted by Crippen LogP contribution is -2.52. The second kappa shape index (κ2) is 34.7. The molecule has 3 fully saturated rings. The number of carbonyl (C=O) groups excluding carboxylic acids is 6. The van der Waals surface area contributed by atoms with Gasteiger partial charge in [0.25, 0.3) is 0 Å². The van der Waals surface area contributed by atoms with Crippen LogP contribution >= 0.6 is 0 Å². The number of nitrogens with zero attached hydrogens (tertiary/aromatic N) is 6. The molecule has 3 atom stereocenters. The Labute approximate surface area is 574 Å². The van der Waals surface area contributed by atoms with Crippen LogP contribution in [0.1, 0.15) is 119 Å². The minimum Gasteiger partial charge on any atom is -0.378 e. The highest BCUT2D eigenvalue weighted by Gasteiger charge is 2.42. The molecule has 97 heavy (non-hydrogen) atoms. The average molecular weight is 1330 g/mol. The minimum atomic E-state index is -0.830. The fraction of sp³-hybridized carbons (Fsp3) is 0.468. The van der Waals surface area contributed by atoms with Gasteiger partial charge in [-0.1, -0.05) is 93.6 Å². The normalized spacial score (nSPS) is 16.8. The number of Topliss-reactive ketones (excluding diaryl/α,β-unsaturated/α-hetero) is 6. The summed E-state index contributed by atoms with van der Waals surface area (Å²) in [6.45, 7) is 14.3. The van der Waals surface area contributed by atoms with Crippen LogP contribution in [-0.4, -0.2) is 227 Å². The fourth-order valence-electron chi connectivity index (χ4n) is 13.7. The van der Waals surface area contributed by atoms with Gasteiger partial charge in [-0.2, -0.15) is 0 Å². The lowest BCUT2D eigenvalue weighted by Gasteiger charge is -2.38. The number of anilines is 3. The number of hydrogen-bond acceptors (Lipinski definition) is 18. The van der Waals surface area contributed by atoms with Crippen LogP contribution in [0.25, 0.3) is 0 Å². The molecule has 6 aromatic carbocycles. The van der Waals surface area contributed by atoms with Gasteiger partial charge in [0.05, 0.1) is 76.1 Å². The van der Waals surface area contributed by atoms with Crippen molar-refractivity contribution in [3.05, 3.63) is 196 Å². The van der Waals surface area contributed by atoms with Crippen LogP contribution in [0.3, 0.4) is 0 Å². The Morgan fingerprint density at radius 2 is 0.567 bits per heavy atom. The van der Waals surface area contributed by atoms with Crippen LogP contribution < -0.4 is 14.7 Å². The van der Waals surface area contributed by atoms with Crippen molar-refractivity contribution in [2.45, 2.75) is 75.9 Å². The van der Waals surface area contributed by atoms with E-state index in [0.29, 0.717) is 112 Å². The molecule has 0 bridgehead atoms. The lowest BCUT2D eigenvalue weighted by atomic mass is 9.80. The summed E-state index contributed by atoms with van der Waals surface area (Å²) >= 11 is 0. The summed E-state index contributed by atoms with van der Waals surface area (Å²) in [6, 6.07) is 45.5. The van der Waals surface area contributed by atoms with Crippen molar-refractivity contribution in [1.82, 2.24) is 14.7 Å². The Balaban J connectivity index is 0.824. The molecule has 3 heterocycles. The van der Waals surface area contributed by atoms with Crippen LogP contribution in [0.5, 0.6) is 0 Å². The van der Waals surface area contributed by atoms with Gasteiger partial charge in [0.1, 0.15) is 19.8 Å². The third-order valence-corrected chi connectivity index (χ3v) is 20.2. The van der Waals surface area contributed by atoms with Gasteiger partial charge in [-0.25, -0.2) is 0 Å². The van der Waals surface area contributed by atoms with Gasteiger partial charge in [0.2, 0.25) is 0 Å². The Kier molecular flexibility index (Phi) is 26.4. The van der Waals surface area contributed by atoms with Gasteiger partial charge in [0, 0.05) is 95.6 Å². The van der Waals surface area contributed by atoms with E-state index in [2.05, 4.69) is 14.7 Å². The number of ether oxygens (including phenoxy) is 6.